The first-order valence-corrected chi connectivity index (χ1v) is 13.2. The number of carbonyl (C=O) groups excluding carboxylic acids is 1. The fourth-order valence-corrected chi connectivity index (χ4v) is 5.40. The number of aliphatic hydroxyl groups is 1. The Bertz CT molecular complexity index is 1440. The number of halogens is 1. The lowest BCUT2D eigenvalue weighted by Gasteiger charge is -2.35. The first-order chi connectivity index (χ1) is 18.3. The quantitative estimate of drug-likeness (QED) is 0.355. The molecule has 5 rings (SSSR count). The molecule has 1 amide bonds. The van der Waals surface area contributed by atoms with Crippen LogP contribution in [0.4, 0.5) is 0 Å². The van der Waals surface area contributed by atoms with Crippen molar-refractivity contribution in [2.75, 3.05) is 7.11 Å². The maximum absolute atomic E-state index is 13.2. The molecular weight excluding hydrogens is 504 g/mol. The topological polar surface area (TPSA) is 115 Å². The first-order valence-electron chi connectivity index (χ1n) is 12.8. The molecule has 2 N–H and O–H groups in total. The zero-order valence-corrected chi connectivity index (χ0v) is 22.4. The Morgan fingerprint density at radius 1 is 1.18 bits per heavy atom. The highest BCUT2D eigenvalue weighted by atomic mass is 35.5. The Hall–Kier alpha value is -3.56. The number of aliphatic hydroxyl groups excluding tert-OH is 1. The third kappa shape index (κ3) is 5.49. The molecular formula is C28H31ClN6O3. The number of nitrogens with one attached hydrogen (secondary N) is 1. The molecule has 1 aliphatic rings. The highest BCUT2D eigenvalue weighted by Gasteiger charge is 2.33. The zero-order valence-electron chi connectivity index (χ0n) is 21.6. The van der Waals surface area contributed by atoms with Crippen molar-refractivity contribution >= 4 is 28.5 Å². The van der Waals surface area contributed by atoms with E-state index in [-0.39, 0.29) is 18.0 Å². The van der Waals surface area contributed by atoms with Gasteiger partial charge in [0.05, 0.1) is 30.5 Å². The van der Waals surface area contributed by atoms with Gasteiger partial charge < -0.3 is 19.7 Å². The summed E-state index contributed by atoms with van der Waals surface area (Å²) >= 11 is 6.15. The zero-order chi connectivity index (χ0) is 26.8. The molecule has 4 aromatic rings. The molecule has 0 aliphatic heterocycles. The van der Waals surface area contributed by atoms with Crippen LogP contribution in [0.5, 0.6) is 5.75 Å². The van der Waals surface area contributed by atoms with Crippen LogP contribution in [0.25, 0.3) is 22.6 Å². The van der Waals surface area contributed by atoms with Crippen LogP contribution in [-0.4, -0.2) is 54.8 Å². The van der Waals surface area contributed by atoms with E-state index in [1.165, 1.54) is 7.11 Å². The monoisotopic (exact) mass is 534 g/mol. The number of nitrogens with zero attached hydrogens (tertiary/aromatic N) is 5. The minimum Gasteiger partial charge on any atom is -0.496 e. The third-order valence-electron chi connectivity index (χ3n) is 6.80. The van der Waals surface area contributed by atoms with E-state index in [2.05, 4.69) is 38.7 Å². The number of amides is 1. The molecule has 9 nitrogen and oxygen atoms in total. The van der Waals surface area contributed by atoms with Crippen molar-refractivity contribution in [2.24, 2.45) is 5.92 Å². The van der Waals surface area contributed by atoms with Crippen LogP contribution in [0.2, 0.25) is 5.02 Å². The lowest BCUT2D eigenvalue weighted by atomic mass is 9.88. The molecule has 1 aliphatic carbocycles. The second-order valence-corrected chi connectivity index (χ2v) is 10.6. The second-order valence-electron chi connectivity index (χ2n) is 10.2. The average Bonchev–Trinajstić information content (AvgIpc) is 3.25. The molecule has 0 bridgehead atoms. The molecule has 1 aromatic carbocycles. The summed E-state index contributed by atoms with van der Waals surface area (Å²) in [4.78, 5) is 31.4. The highest BCUT2D eigenvalue weighted by molar-refractivity contribution is 6.31. The van der Waals surface area contributed by atoms with Crippen molar-refractivity contribution < 1.29 is 14.6 Å². The molecule has 0 saturated heterocycles. The summed E-state index contributed by atoms with van der Waals surface area (Å²) in [5.74, 6) is 2.02. The Morgan fingerprint density at radius 3 is 2.71 bits per heavy atom. The van der Waals surface area contributed by atoms with Gasteiger partial charge in [-0.2, -0.15) is 0 Å². The Morgan fingerprint density at radius 2 is 1.97 bits per heavy atom. The van der Waals surface area contributed by atoms with E-state index in [0.717, 1.165) is 23.3 Å². The average molecular weight is 535 g/mol. The summed E-state index contributed by atoms with van der Waals surface area (Å²) in [6, 6.07) is 8.36. The fraction of sp³-hybridized carbons (Fsp3) is 0.393. The normalized spacial score (nSPS) is 19.6. The number of ether oxygens (including phenoxy) is 1. The molecule has 1 saturated carbocycles. The van der Waals surface area contributed by atoms with Gasteiger partial charge in [-0.1, -0.05) is 25.4 Å². The largest absolute Gasteiger partial charge is 0.496 e. The van der Waals surface area contributed by atoms with Crippen molar-refractivity contribution in [3.05, 3.63) is 65.3 Å². The van der Waals surface area contributed by atoms with Crippen molar-refractivity contribution in [3.8, 4) is 17.3 Å². The molecule has 0 spiro atoms. The van der Waals surface area contributed by atoms with Gasteiger partial charge in [-0.05, 0) is 55.5 Å². The summed E-state index contributed by atoms with van der Waals surface area (Å²) in [6.45, 7) is 4.31. The van der Waals surface area contributed by atoms with E-state index in [1.807, 2.05) is 6.07 Å². The van der Waals surface area contributed by atoms with Crippen LogP contribution in [-0.2, 0) is 6.42 Å². The van der Waals surface area contributed by atoms with Gasteiger partial charge in [0, 0.05) is 35.9 Å². The van der Waals surface area contributed by atoms with Crippen LogP contribution in [0.3, 0.4) is 0 Å². The van der Waals surface area contributed by atoms with Gasteiger partial charge in [-0.25, -0.2) is 15.0 Å². The standard InChI is InChI=1S/C28H31ClN6O3/c1-16(2)9-26-34-23-15-32-22(27-30-7-4-8-31-27)14-24(23)35(26)19-11-18(12-20(36)13-19)33-28(37)21-10-17(29)5-6-25(21)38-3/h4-8,10,14-16,18-20,36H,9,11-13H2,1-3H3,(H,33,37)/t18-,19+,20+/m0/s1. The predicted molar refractivity (Wildman–Crippen MR) is 145 cm³/mol. The molecule has 38 heavy (non-hydrogen) atoms. The Balaban J connectivity index is 1.49. The molecule has 0 unspecified atom stereocenters. The number of pyridine rings is 1. The number of imidazole rings is 1. The lowest BCUT2D eigenvalue weighted by molar-refractivity contribution is 0.0738. The van der Waals surface area contributed by atoms with Gasteiger partial charge >= 0.3 is 0 Å². The van der Waals surface area contributed by atoms with Crippen molar-refractivity contribution in [1.29, 1.82) is 0 Å². The van der Waals surface area contributed by atoms with E-state index in [0.29, 0.717) is 53.0 Å². The smallest absolute Gasteiger partial charge is 0.255 e. The Labute approximate surface area is 226 Å². The van der Waals surface area contributed by atoms with E-state index in [4.69, 9.17) is 21.3 Å². The number of hydrogen-bond donors (Lipinski definition) is 2. The van der Waals surface area contributed by atoms with Crippen LogP contribution in [0.1, 0.15) is 55.3 Å². The summed E-state index contributed by atoms with van der Waals surface area (Å²) in [5.41, 5.74) is 2.72. The molecule has 0 radical (unpaired) electrons. The maximum Gasteiger partial charge on any atom is 0.255 e. The summed E-state index contributed by atoms with van der Waals surface area (Å²) < 4.78 is 7.58. The predicted octanol–water partition coefficient (Wildman–Crippen LogP) is 4.63. The maximum atomic E-state index is 13.2. The number of methoxy groups -OCH3 is 1. The molecule has 1 fully saturated rings. The molecule has 198 valence electrons. The van der Waals surface area contributed by atoms with E-state index >= 15 is 0 Å². The SMILES string of the molecule is COc1ccc(Cl)cc1C(=O)N[C@@H]1C[C@@H](O)C[C@H](n2c(CC(C)C)nc3cnc(-c4ncccn4)cc32)C1. The van der Waals surface area contributed by atoms with Gasteiger partial charge in [0.25, 0.3) is 5.91 Å². The summed E-state index contributed by atoms with van der Waals surface area (Å²) in [6.07, 6.45) is 6.99. The van der Waals surface area contributed by atoms with Gasteiger partial charge in [-0.3, -0.25) is 9.78 Å². The third-order valence-corrected chi connectivity index (χ3v) is 7.03. The fourth-order valence-electron chi connectivity index (χ4n) is 5.23. The van der Waals surface area contributed by atoms with Crippen molar-refractivity contribution in [3.63, 3.8) is 0 Å². The summed E-state index contributed by atoms with van der Waals surface area (Å²) in [5, 5.41) is 14.4. The number of rotatable bonds is 7. The minimum absolute atomic E-state index is 0.0731. The molecule has 10 heteroatoms. The van der Waals surface area contributed by atoms with E-state index < -0.39 is 6.10 Å². The van der Waals surface area contributed by atoms with Gasteiger partial charge in [0.2, 0.25) is 0 Å². The number of benzene rings is 1. The highest BCUT2D eigenvalue weighted by Crippen LogP contribution is 2.35. The van der Waals surface area contributed by atoms with Crippen molar-refractivity contribution in [2.45, 2.75) is 57.7 Å². The molecule has 3 aromatic heterocycles. The second kappa shape index (κ2) is 11.0. The van der Waals surface area contributed by atoms with Gasteiger partial charge in [0.15, 0.2) is 5.82 Å². The number of fused-ring (bicyclic) bond motifs is 1. The van der Waals surface area contributed by atoms with E-state index in [1.54, 1.807) is 42.9 Å². The van der Waals surface area contributed by atoms with Gasteiger partial charge in [-0.15, -0.1) is 0 Å². The van der Waals surface area contributed by atoms with Crippen LogP contribution >= 0.6 is 11.6 Å². The molecule has 3 heterocycles. The van der Waals surface area contributed by atoms with Gasteiger partial charge in [0.1, 0.15) is 22.8 Å². The number of carbonyl (C=O) groups is 1. The summed E-state index contributed by atoms with van der Waals surface area (Å²) in [7, 11) is 1.52. The van der Waals surface area contributed by atoms with Crippen LogP contribution < -0.4 is 10.1 Å². The van der Waals surface area contributed by atoms with Crippen LogP contribution in [0, 0.1) is 5.92 Å². The molecule has 3 atom stereocenters. The number of aromatic nitrogens is 5. The first kappa shape index (κ1) is 26.1. The van der Waals surface area contributed by atoms with Crippen LogP contribution in [0.15, 0.2) is 48.9 Å². The number of hydrogen-bond acceptors (Lipinski definition) is 7. The minimum atomic E-state index is -0.580. The lowest BCUT2D eigenvalue weighted by Crippen LogP contribution is -2.43. The Kier molecular flexibility index (Phi) is 7.58. The van der Waals surface area contributed by atoms with E-state index in [9.17, 15) is 9.90 Å². The van der Waals surface area contributed by atoms with Crippen molar-refractivity contribution in [1.82, 2.24) is 29.8 Å².